The minimum atomic E-state index is 0.227. The highest BCUT2D eigenvalue weighted by Crippen LogP contribution is 2.24. The molecule has 0 aliphatic carbocycles. The molecular formula is C25H25ClN6O. The van der Waals surface area contributed by atoms with Gasteiger partial charge in [0, 0.05) is 60.7 Å². The summed E-state index contributed by atoms with van der Waals surface area (Å²) >= 11 is 6.19. The number of nitrogens with zero attached hydrogens (tertiary/aromatic N) is 6. The number of likely N-dealkylation sites (tertiary alicyclic amines) is 1. The maximum Gasteiger partial charge on any atom is 0.139 e. The minimum absolute atomic E-state index is 0.227. The molecule has 33 heavy (non-hydrogen) atoms. The van der Waals surface area contributed by atoms with Gasteiger partial charge in [-0.15, -0.1) is 0 Å². The van der Waals surface area contributed by atoms with Crippen molar-refractivity contribution in [2.24, 2.45) is 5.92 Å². The van der Waals surface area contributed by atoms with E-state index in [1.54, 1.807) is 18.6 Å². The highest BCUT2D eigenvalue weighted by molar-refractivity contribution is 6.30. The van der Waals surface area contributed by atoms with Gasteiger partial charge < -0.3 is 0 Å². The lowest BCUT2D eigenvalue weighted by Crippen LogP contribution is -2.21. The fourth-order valence-corrected chi connectivity index (χ4v) is 4.71. The van der Waals surface area contributed by atoms with E-state index in [4.69, 9.17) is 11.6 Å². The van der Waals surface area contributed by atoms with E-state index in [0.717, 1.165) is 59.6 Å². The number of pyridine rings is 3. The quantitative estimate of drug-likeness (QED) is 0.385. The zero-order valence-corrected chi connectivity index (χ0v) is 19.2. The molecule has 1 atom stereocenters. The van der Waals surface area contributed by atoms with Crippen LogP contribution in [0, 0.1) is 12.8 Å². The number of hydrogen-bond acceptors (Lipinski definition) is 6. The molecule has 0 aromatic carbocycles. The van der Waals surface area contributed by atoms with Crippen molar-refractivity contribution >= 4 is 28.3 Å². The van der Waals surface area contributed by atoms with Gasteiger partial charge in [0.05, 0.1) is 23.6 Å². The zero-order valence-electron chi connectivity index (χ0n) is 18.5. The summed E-state index contributed by atoms with van der Waals surface area (Å²) in [6.45, 7) is 4.61. The second kappa shape index (κ2) is 9.37. The van der Waals surface area contributed by atoms with Crippen LogP contribution in [-0.4, -0.2) is 48.5 Å². The summed E-state index contributed by atoms with van der Waals surface area (Å²) in [5.41, 5.74) is 4.61. The van der Waals surface area contributed by atoms with E-state index in [2.05, 4.69) is 25.0 Å². The third-order valence-electron chi connectivity index (χ3n) is 6.13. The summed E-state index contributed by atoms with van der Waals surface area (Å²) in [4.78, 5) is 28.1. The monoisotopic (exact) mass is 460 g/mol. The van der Waals surface area contributed by atoms with E-state index in [1.165, 1.54) is 0 Å². The number of aromatic nitrogens is 5. The number of fused-ring (bicyclic) bond motifs is 1. The molecule has 0 N–H and O–H groups in total. The molecule has 0 amide bonds. The smallest absolute Gasteiger partial charge is 0.139 e. The molecule has 4 aromatic rings. The zero-order chi connectivity index (χ0) is 22.8. The van der Waals surface area contributed by atoms with E-state index >= 15 is 0 Å². The van der Waals surface area contributed by atoms with Gasteiger partial charge in [0.25, 0.3) is 0 Å². The molecule has 8 heteroatoms. The maximum atomic E-state index is 12.8. The number of rotatable bonds is 7. The molecule has 5 heterocycles. The van der Waals surface area contributed by atoms with Crippen molar-refractivity contribution in [2.45, 2.75) is 32.7 Å². The highest BCUT2D eigenvalue weighted by Gasteiger charge is 2.25. The molecule has 168 valence electrons. The number of Topliss-reactive ketones (excluding diaryl/α,β-unsaturated/α-hetero) is 1. The SMILES string of the molecule is Cc1cc(-n2ncc3cc(CC(=O)CC4CCN(Cc5cccnc5Cl)C4)ncc32)ccn1. The second-order valence-corrected chi connectivity index (χ2v) is 9.07. The predicted octanol–water partition coefficient (Wildman–Crippen LogP) is 4.20. The minimum Gasteiger partial charge on any atom is -0.299 e. The Bertz CT molecular complexity index is 1300. The summed E-state index contributed by atoms with van der Waals surface area (Å²) < 4.78 is 1.85. The average Bonchev–Trinajstić information content (AvgIpc) is 3.41. The second-order valence-electron chi connectivity index (χ2n) is 8.71. The standard InChI is InChI=1S/C25H25ClN6O/c1-17-9-22(4-7-27-17)32-24-14-29-21(11-20(24)13-30-32)12-23(33)10-18-5-8-31(15-18)16-19-3-2-6-28-25(19)26/h2-4,6-7,9,11,13-14,18H,5,8,10,12,15-16H2,1H3. The van der Waals surface area contributed by atoms with Gasteiger partial charge in [-0.25, -0.2) is 9.67 Å². The number of carbonyl (C=O) groups excluding carboxylic acids is 1. The Morgan fingerprint density at radius 1 is 1.15 bits per heavy atom. The third-order valence-corrected chi connectivity index (χ3v) is 6.47. The first kappa shape index (κ1) is 21.7. The fourth-order valence-electron chi connectivity index (χ4n) is 4.53. The fraction of sp³-hybridized carbons (Fsp3) is 0.320. The number of carbonyl (C=O) groups is 1. The molecule has 1 fully saturated rings. The predicted molar refractivity (Wildman–Crippen MR) is 127 cm³/mol. The van der Waals surface area contributed by atoms with Gasteiger partial charge in [-0.1, -0.05) is 17.7 Å². The summed E-state index contributed by atoms with van der Waals surface area (Å²) in [7, 11) is 0. The third kappa shape index (κ3) is 4.94. The lowest BCUT2D eigenvalue weighted by Gasteiger charge is -2.16. The van der Waals surface area contributed by atoms with E-state index in [-0.39, 0.29) is 5.78 Å². The number of halogens is 1. The van der Waals surface area contributed by atoms with Crippen molar-refractivity contribution in [1.82, 2.24) is 29.6 Å². The molecule has 0 bridgehead atoms. The molecule has 1 saturated heterocycles. The normalized spacial score (nSPS) is 16.5. The van der Waals surface area contributed by atoms with Crippen LogP contribution >= 0.6 is 11.6 Å². The Morgan fingerprint density at radius 2 is 2.06 bits per heavy atom. The number of hydrogen-bond donors (Lipinski definition) is 0. The Hall–Kier alpha value is -3.16. The summed E-state index contributed by atoms with van der Waals surface area (Å²) in [6, 6.07) is 9.79. The first-order valence-corrected chi connectivity index (χ1v) is 11.5. The van der Waals surface area contributed by atoms with Crippen LogP contribution in [-0.2, 0) is 17.8 Å². The molecule has 1 aliphatic heterocycles. The topological polar surface area (TPSA) is 76.8 Å². The first-order chi connectivity index (χ1) is 16.0. The molecule has 1 unspecified atom stereocenters. The molecule has 4 aromatic heterocycles. The summed E-state index contributed by atoms with van der Waals surface area (Å²) in [6.07, 6.45) is 9.04. The van der Waals surface area contributed by atoms with Crippen LogP contribution in [0.4, 0.5) is 0 Å². The summed E-state index contributed by atoms with van der Waals surface area (Å²) in [5.74, 6) is 0.597. The molecule has 0 saturated carbocycles. The average molecular weight is 461 g/mol. The van der Waals surface area contributed by atoms with Crippen LogP contribution < -0.4 is 0 Å². The molecular weight excluding hydrogens is 436 g/mol. The van der Waals surface area contributed by atoms with Crippen LogP contribution in [0.2, 0.25) is 5.15 Å². The van der Waals surface area contributed by atoms with Crippen LogP contribution in [0.25, 0.3) is 16.6 Å². The first-order valence-electron chi connectivity index (χ1n) is 11.1. The van der Waals surface area contributed by atoms with E-state index in [1.807, 2.05) is 48.1 Å². The molecule has 5 rings (SSSR count). The van der Waals surface area contributed by atoms with Crippen molar-refractivity contribution in [3.63, 3.8) is 0 Å². The number of aryl methyl sites for hydroxylation is 1. The highest BCUT2D eigenvalue weighted by atomic mass is 35.5. The molecule has 0 radical (unpaired) electrons. The van der Waals surface area contributed by atoms with Gasteiger partial charge in [0.1, 0.15) is 10.9 Å². The van der Waals surface area contributed by atoms with Gasteiger partial charge in [0.2, 0.25) is 0 Å². The molecule has 1 aliphatic rings. The van der Waals surface area contributed by atoms with Crippen LogP contribution in [0.3, 0.4) is 0 Å². The van der Waals surface area contributed by atoms with Crippen LogP contribution in [0.15, 0.2) is 55.1 Å². The van der Waals surface area contributed by atoms with Crippen molar-refractivity contribution in [3.8, 4) is 5.69 Å². The van der Waals surface area contributed by atoms with Crippen molar-refractivity contribution in [2.75, 3.05) is 13.1 Å². The van der Waals surface area contributed by atoms with Gasteiger partial charge in [-0.05, 0) is 50.1 Å². The lowest BCUT2D eigenvalue weighted by molar-refractivity contribution is -0.119. The largest absolute Gasteiger partial charge is 0.299 e. The maximum absolute atomic E-state index is 12.8. The van der Waals surface area contributed by atoms with Crippen molar-refractivity contribution in [1.29, 1.82) is 0 Å². The molecule has 0 spiro atoms. The van der Waals surface area contributed by atoms with Crippen LogP contribution in [0.1, 0.15) is 29.8 Å². The van der Waals surface area contributed by atoms with Gasteiger partial charge in [-0.2, -0.15) is 5.10 Å². The Labute approximate surface area is 197 Å². The van der Waals surface area contributed by atoms with Gasteiger partial charge in [-0.3, -0.25) is 19.7 Å². The number of ketones is 1. The Morgan fingerprint density at radius 3 is 2.91 bits per heavy atom. The van der Waals surface area contributed by atoms with E-state index < -0.39 is 0 Å². The Kier molecular flexibility index (Phi) is 6.15. The Balaban J connectivity index is 1.20. The molecule has 7 nitrogen and oxygen atoms in total. The van der Waals surface area contributed by atoms with Crippen molar-refractivity contribution < 1.29 is 4.79 Å². The summed E-state index contributed by atoms with van der Waals surface area (Å²) in [5, 5.41) is 6.03. The van der Waals surface area contributed by atoms with E-state index in [0.29, 0.717) is 23.9 Å². The lowest BCUT2D eigenvalue weighted by atomic mass is 9.99. The van der Waals surface area contributed by atoms with Crippen molar-refractivity contribution in [3.05, 3.63) is 77.2 Å². The van der Waals surface area contributed by atoms with E-state index in [9.17, 15) is 4.79 Å². The van der Waals surface area contributed by atoms with Crippen LogP contribution in [0.5, 0.6) is 0 Å². The van der Waals surface area contributed by atoms with Gasteiger partial charge in [0.15, 0.2) is 0 Å². The van der Waals surface area contributed by atoms with Gasteiger partial charge >= 0.3 is 0 Å².